The van der Waals surface area contributed by atoms with Gasteiger partial charge in [-0.3, -0.25) is 9.59 Å². The highest BCUT2D eigenvalue weighted by atomic mass is 32.2. The first kappa shape index (κ1) is 18.9. The highest BCUT2D eigenvalue weighted by Gasteiger charge is 2.29. The fourth-order valence-electron chi connectivity index (χ4n) is 2.31. The molecule has 0 spiro atoms. The van der Waals surface area contributed by atoms with Crippen LogP contribution < -0.4 is 10.1 Å². The van der Waals surface area contributed by atoms with Crippen LogP contribution in [0.15, 0.2) is 24.3 Å². The Morgan fingerprint density at radius 2 is 2.00 bits per heavy atom. The molecule has 0 unspecified atom stereocenters. The molecule has 1 amide bonds. The Morgan fingerprint density at radius 1 is 1.24 bits per heavy atom. The summed E-state index contributed by atoms with van der Waals surface area (Å²) >= 11 is 0. The van der Waals surface area contributed by atoms with Crippen molar-refractivity contribution in [2.45, 2.75) is 19.4 Å². The van der Waals surface area contributed by atoms with Crippen LogP contribution in [0.4, 0.5) is 0 Å². The lowest BCUT2D eigenvalue weighted by molar-refractivity contribution is -0.150. The van der Waals surface area contributed by atoms with Crippen LogP contribution in [-0.2, 0) is 24.2 Å². The van der Waals surface area contributed by atoms with E-state index in [0.29, 0.717) is 17.7 Å². The van der Waals surface area contributed by atoms with Crippen molar-refractivity contribution in [3.8, 4) is 5.75 Å². The molecule has 0 aromatic heterocycles. The summed E-state index contributed by atoms with van der Waals surface area (Å²) in [7, 11) is -3.09. The highest BCUT2D eigenvalue weighted by molar-refractivity contribution is 7.91. The summed E-state index contributed by atoms with van der Waals surface area (Å²) in [5.41, 5.74) is 0.455. The summed E-state index contributed by atoms with van der Waals surface area (Å²) in [4.78, 5) is 34.5. The zero-order valence-electron chi connectivity index (χ0n) is 13.7. The van der Waals surface area contributed by atoms with Crippen molar-refractivity contribution in [2.75, 3.05) is 24.7 Å². The Hall–Kier alpha value is -2.42. The van der Waals surface area contributed by atoms with Gasteiger partial charge in [-0.15, -0.1) is 0 Å². The van der Waals surface area contributed by atoms with Gasteiger partial charge in [0.05, 0.1) is 11.5 Å². The van der Waals surface area contributed by atoms with E-state index in [-0.39, 0.29) is 17.3 Å². The number of esters is 1. The number of carbonyl (C=O) groups is 3. The maximum absolute atomic E-state index is 11.6. The summed E-state index contributed by atoms with van der Waals surface area (Å²) in [5, 5.41) is 2.51. The lowest BCUT2D eigenvalue weighted by atomic mass is 10.1. The number of sulfone groups is 1. The first-order chi connectivity index (χ1) is 11.7. The molecule has 9 heteroatoms. The first-order valence-corrected chi connectivity index (χ1v) is 9.46. The quantitative estimate of drug-likeness (QED) is 0.536. The number of ketones is 1. The van der Waals surface area contributed by atoms with E-state index in [1.165, 1.54) is 13.0 Å². The van der Waals surface area contributed by atoms with Crippen LogP contribution in [0.2, 0.25) is 0 Å². The van der Waals surface area contributed by atoms with Crippen LogP contribution in [0.5, 0.6) is 5.75 Å². The molecule has 1 aliphatic rings. The first-order valence-electron chi connectivity index (χ1n) is 7.64. The van der Waals surface area contributed by atoms with Crippen molar-refractivity contribution in [3.05, 3.63) is 29.8 Å². The zero-order valence-corrected chi connectivity index (χ0v) is 14.5. The fourth-order valence-corrected chi connectivity index (χ4v) is 3.99. The number of rotatable bonds is 7. The largest absolute Gasteiger partial charge is 0.482 e. The molecule has 1 fully saturated rings. The van der Waals surface area contributed by atoms with E-state index in [1.54, 1.807) is 18.2 Å². The molecule has 1 N–H and O–H groups in total. The molecule has 0 radical (unpaired) electrons. The van der Waals surface area contributed by atoms with Gasteiger partial charge >= 0.3 is 5.97 Å². The van der Waals surface area contributed by atoms with Crippen LogP contribution >= 0.6 is 0 Å². The average molecular weight is 369 g/mol. The van der Waals surface area contributed by atoms with Crippen LogP contribution in [0.1, 0.15) is 23.7 Å². The molecule has 2 rings (SSSR count). The number of nitrogens with one attached hydrogen (secondary N) is 1. The number of amides is 1. The highest BCUT2D eigenvalue weighted by Crippen LogP contribution is 2.14. The number of ether oxygens (including phenoxy) is 2. The number of Topliss-reactive ketones (excluding diaryl/α,β-unsaturated/α-hetero) is 1. The van der Waals surface area contributed by atoms with Crippen molar-refractivity contribution in [2.24, 2.45) is 0 Å². The van der Waals surface area contributed by atoms with E-state index < -0.39 is 41.0 Å². The molecular weight excluding hydrogens is 350 g/mol. The molecule has 0 bridgehead atoms. The smallest absolute Gasteiger partial charge is 0.344 e. The lowest BCUT2D eigenvalue weighted by Gasteiger charge is -2.11. The normalized spacial score (nSPS) is 18.4. The van der Waals surface area contributed by atoms with E-state index >= 15 is 0 Å². The monoisotopic (exact) mass is 369 g/mol. The van der Waals surface area contributed by atoms with Crippen molar-refractivity contribution in [3.63, 3.8) is 0 Å². The van der Waals surface area contributed by atoms with Crippen molar-refractivity contribution < 1.29 is 32.3 Å². The Morgan fingerprint density at radius 3 is 2.64 bits per heavy atom. The Labute approximate surface area is 145 Å². The van der Waals surface area contributed by atoms with Gasteiger partial charge in [-0.1, -0.05) is 12.1 Å². The second kappa shape index (κ2) is 8.11. The molecule has 136 valence electrons. The minimum atomic E-state index is -3.09. The standard InChI is InChI=1S/C16H19NO7S/c1-11(18)12-3-2-4-14(7-12)23-9-16(20)24-8-15(19)17-13-5-6-25(21,22)10-13/h2-4,7,13H,5-6,8-10H2,1H3,(H,17,19)/t13-/m1/s1. The fraction of sp³-hybridized carbons (Fsp3) is 0.438. The lowest BCUT2D eigenvalue weighted by Crippen LogP contribution is -2.38. The number of benzene rings is 1. The van der Waals surface area contributed by atoms with Gasteiger partial charge in [0.25, 0.3) is 5.91 Å². The zero-order chi connectivity index (χ0) is 18.4. The molecule has 1 heterocycles. The third-order valence-corrected chi connectivity index (χ3v) is 5.33. The van der Waals surface area contributed by atoms with Gasteiger partial charge in [0, 0.05) is 11.6 Å². The van der Waals surface area contributed by atoms with Gasteiger partial charge in [0.2, 0.25) is 0 Å². The molecule has 0 saturated carbocycles. The van der Waals surface area contributed by atoms with Gasteiger partial charge in [-0.25, -0.2) is 13.2 Å². The number of hydrogen-bond acceptors (Lipinski definition) is 7. The summed E-state index contributed by atoms with van der Waals surface area (Å²) in [6, 6.07) is 5.90. The van der Waals surface area contributed by atoms with Gasteiger partial charge in [-0.05, 0) is 25.5 Å². The second-order valence-electron chi connectivity index (χ2n) is 5.70. The third-order valence-electron chi connectivity index (χ3n) is 3.56. The Bertz CT molecular complexity index is 772. The number of hydrogen-bond donors (Lipinski definition) is 1. The van der Waals surface area contributed by atoms with E-state index in [0.717, 1.165) is 0 Å². The van der Waals surface area contributed by atoms with E-state index in [9.17, 15) is 22.8 Å². The topological polar surface area (TPSA) is 116 Å². The molecule has 1 saturated heterocycles. The third kappa shape index (κ3) is 6.18. The van der Waals surface area contributed by atoms with Crippen LogP contribution in [-0.4, -0.2) is 56.8 Å². The molecular formula is C16H19NO7S. The predicted molar refractivity (Wildman–Crippen MR) is 88.1 cm³/mol. The Balaban J connectivity index is 1.71. The van der Waals surface area contributed by atoms with Crippen molar-refractivity contribution >= 4 is 27.5 Å². The van der Waals surface area contributed by atoms with Crippen molar-refractivity contribution in [1.82, 2.24) is 5.32 Å². The van der Waals surface area contributed by atoms with Gasteiger partial charge < -0.3 is 14.8 Å². The van der Waals surface area contributed by atoms with E-state index in [1.807, 2.05) is 0 Å². The van der Waals surface area contributed by atoms with Crippen LogP contribution in [0, 0.1) is 0 Å². The van der Waals surface area contributed by atoms with Crippen molar-refractivity contribution in [1.29, 1.82) is 0 Å². The van der Waals surface area contributed by atoms with Gasteiger partial charge in [0.1, 0.15) is 5.75 Å². The molecule has 1 atom stereocenters. The summed E-state index contributed by atoms with van der Waals surface area (Å²) in [6.07, 6.45) is 0.359. The van der Waals surface area contributed by atoms with E-state index in [2.05, 4.69) is 5.32 Å². The Kier molecular flexibility index (Phi) is 6.13. The maximum atomic E-state index is 11.6. The van der Waals surface area contributed by atoms with Crippen LogP contribution in [0.3, 0.4) is 0 Å². The summed E-state index contributed by atoms with van der Waals surface area (Å²) < 4.78 is 32.6. The molecule has 8 nitrogen and oxygen atoms in total. The molecule has 0 aliphatic carbocycles. The second-order valence-corrected chi connectivity index (χ2v) is 7.93. The minimum Gasteiger partial charge on any atom is -0.482 e. The summed E-state index contributed by atoms with van der Waals surface area (Å²) in [5.74, 6) is -1.15. The molecule has 1 aromatic rings. The summed E-state index contributed by atoms with van der Waals surface area (Å²) in [6.45, 7) is 0.500. The SMILES string of the molecule is CC(=O)c1cccc(OCC(=O)OCC(=O)N[C@@H]2CCS(=O)(=O)C2)c1. The average Bonchev–Trinajstić information content (AvgIpc) is 2.89. The number of carbonyl (C=O) groups excluding carboxylic acids is 3. The van der Waals surface area contributed by atoms with E-state index in [4.69, 9.17) is 9.47 Å². The molecule has 1 aromatic carbocycles. The van der Waals surface area contributed by atoms with Gasteiger partial charge in [-0.2, -0.15) is 0 Å². The van der Waals surface area contributed by atoms with Gasteiger partial charge in [0.15, 0.2) is 28.8 Å². The molecule has 25 heavy (non-hydrogen) atoms. The maximum Gasteiger partial charge on any atom is 0.344 e. The minimum absolute atomic E-state index is 0.0465. The van der Waals surface area contributed by atoms with Crippen LogP contribution in [0.25, 0.3) is 0 Å². The predicted octanol–water partition coefficient (Wildman–Crippen LogP) is 0.115. The molecule has 1 aliphatic heterocycles.